The molecule has 0 aliphatic carbocycles. The molecule has 0 heterocycles. The molecule has 0 spiro atoms. The first-order chi connectivity index (χ1) is 6.44. The second-order valence-electron chi connectivity index (χ2n) is 4.95. The van der Waals surface area contributed by atoms with Gasteiger partial charge in [0, 0.05) is 18.1 Å². The Morgan fingerprint density at radius 3 is 2.29 bits per heavy atom. The number of hydrogen-bond donors (Lipinski definition) is 1. The Balaban J connectivity index is 3.86. The Morgan fingerprint density at radius 2 is 1.86 bits per heavy atom. The van der Waals surface area contributed by atoms with Gasteiger partial charge < -0.3 is 5.73 Å². The van der Waals surface area contributed by atoms with Crippen molar-refractivity contribution in [1.29, 1.82) is 0 Å². The van der Waals surface area contributed by atoms with E-state index in [1.807, 2.05) is 0 Å². The molecule has 0 fully saturated rings. The maximum Gasteiger partial charge on any atom is 0.0167 e. The van der Waals surface area contributed by atoms with Crippen LogP contribution in [0.3, 0.4) is 0 Å². The first kappa shape index (κ1) is 13.9. The van der Waals surface area contributed by atoms with Crippen molar-refractivity contribution in [3.05, 3.63) is 0 Å². The summed E-state index contributed by atoms with van der Waals surface area (Å²) in [4.78, 5) is 2.38. The summed E-state index contributed by atoms with van der Waals surface area (Å²) in [6, 6.07) is 0.339. The van der Waals surface area contributed by atoms with E-state index in [4.69, 9.17) is 5.73 Å². The predicted molar refractivity (Wildman–Crippen MR) is 64.5 cm³/mol. The summed E-state index contributed by atoms with van der Waals surface area (Å²) in [5, 5.41) is 0. The lowest BCUT2D eigenvalue weighted by Crippen LogP contribution is -2.46. The number of rotatable bonds is 7. The van der Waals surface area contributed by atoms with Gasteiger partial charge in [0.1, 0.15) is 0 Å². The van der Waals surface area contributed by atoms with Crippen LogP contribution in [-0.2, 0) is 0 Å². The summed E-state index contributed by atoms with van der Waals surface area (Å²) < 4.78 is 0. The average molecular weight is 200 g/mol. The first-order valence-corrected chi connectivity index (χ1v) is 5.90. The van der Waals surface area contributed by atoms with E-state index in [1.54, 1.807) is 0 Å². The van der Waals surface area contributed by atoms with Crippen LogP contribution in [0.5, 0.6) is 0 Å². The molecular weight excluding hydrogens is 172 g/mol. The van der Waals surface area contributed by atoms with Crippen LogP contribution in [0, 0.1) is 0 Å². The van der Waals surface area contributed by atoms with Crippen LogP contribution in [0.15, 0.2) is 0 Å². The Hall–Kier alpha value is -0.0800. The van der Waals surface area contributed by atoms with Crippen LogP contribution >= 0.6 is 0 Å². The van der Waals surface area contributed by atoms with Gasteiger partial charge in [-0.1, -0.05) is 26.7 Å². The van der Waals surface area contributed by atoms with E-state index in [0.717, 1.165) is 13.0 Å². The van der Waals surface area contributed by atoms with Crippen molar-refractivity contribution < 1.29 is 0 Å². The fourth-order valence-corrected chi connectivity index (χ4v) is 1.43. The molecule has 0 rings (SSSR count). The molecule has 1 atom stereocenters. The maximum absolute atomic E-state index is 6.07. The lowest BCUT2D eigenvalue weighted by Gasteiger charge is -2.36. The van der Waals surface area contributed by atoms with Crippen molar-refractivity contribution in [3.63, 3.8) is 0 Å². The summed E-state index contributed by atoms with van der Waals surface area (Å²) >= 11 is 0. The van der Waals surface area contributed by atoms with Crippen LogP contribution in [0.25, 0.3) is 0 Å². The van der Waals surface area contributed by atoms with E-state index in [1.165, 1.54) is 19.3 Å². The standard InChI is InChI=1S/C12H28N2/c1-6-8-9-11(13)10-14(5)12(3,4)7-2/h11H,6-10,13H2,1-5H3. The molecule has 14 heavy (non-hydrogen) atoms. The smallest absolute Gasteiger partial charge is 0.0167 e. The zero-order valence-corrected chi connectivity index (χ0v) is 10.6. The van der Waals surface area contributed by atoms with Gasteiger partial charge in [-0.3, -0.25) is 4.90 Å². The lowest BCUT2D eigenvalue weighted by molar-refractivity contribution is 0.140. The predicted octanol–water partition coefficient (Wildman–Crippen LogP) is 2.62. The van der Waals surface area contributed by atoms with Gasteiger partial charge in [0.15, 0.2) is 0 Å². The van der Waals surface area contributed by atoms with Crippen molar-refractivity contribution >= 4 is 0 Å². The molecule has 0 amide bonds. The quantitative estimate of drug-likeness (QED) is 0.684. The van der Waals surface area contributed by atoms with Gasteiger partial charge in [-0.2, -0.15) is 0 Å². The third kappa shape index (κ3) is 4.97. The molecule has 2 N–H and O–H groups in total. The first-order valence-electron chi connectivity index (χ1n) is 5.90. The third-order valence-electron chi connectivity index (χ3n) is 3.34. The minimum absolute atomic E-state index is 0.282. The Kier molecular flexibility index (Phi) is 6.38. The van der Waals surface area contributed by atoms with Crippen molar-refractivity contribution in [1.82, 2.24) is 4.90 Å². The molecule has 2 heteroatoms. The molecule has 0 saturated heterocycles. The van der Waals surface area contributed by atoms with Crippen molar-refractivity contribution in [2.75, 3.05) is 13.6 Å². The number of nitrogens with two attached hydrogens (primary N) is 1. The molecule has 0 aliphatic heterocycles. The van der Waals surface area contributed by atoms with Crippen molar-refractivity contribution in [2.24, 2.45) is 5.73 Å². The zero-order chi connectivity index (χ0) is 11.2. The largest absolute Gasteiger partial charge is 0.327 e. The van der Waals surface area contributed by atoms with E-state index < -0.39 is 0 Å². The van der Waals surface area contributed by atoms with E-state index in [2.05, 4.69) is 39.6 Å². The van der Waals surface area contributed by atoms with Gasteiger partial charge in [-0.05, 0) is 33.7 Å². The highest BCUT2D eigenvalue weighted by Crippen LogP contribution is 2.16. The third-order valence-corrected chi connectivity index (χ3v) is 3.34. The molecule has 0 aromatic carbocycles. The Bertz CT molecular complexity index is 143. The number of likely N-dealkylation sites (N-methyl/N-ethyl adjacent to an activating group) is 1. The highest BCUT2D eigenvalue weighted by Gasteiger charge is 2.22. The van der Waals surface area contributed by atoms with E-state index in [0.29, 0.717) is 6.04 Å². The normalized spacial score (nSPS) is 14.8. The fraction of sp³-hybridized carbons (Fsp3) is 1.00. The van der Waals surface area contributed by atoms with E-state index in [9.17, 15) is 0 Å². The second kappa shape index (κ2) is 6.41. The SMILES string of the molecule is CCCCC(N)CN(C)C(C)(C)CC. The average Bonchev–Trinajstić information content (AvgIpc) is 2.14. The van der Waals surface area contributed by atoms with Gasteiger partial charge in [-0.15, -0.1) is 0 Å². The molecule has 0 saturated carbocycles. The number of hydrogen-bond acceptors (Lipinski definition) is 2. The molecular formula is C12H28N2. The highest BCUT2D eigenvalue weighted by molar-refractivity contribution is 4.80. The van der Waals surface area contributed by atoms with Gasteiger partial charge >= 0.3 is 0 Å². The summed E-state index contributed by atoms with van der Waals surface area (Å²) in [5.74, 6) is 0. The summed E-state index contributed by atoms with van der Waals surface area (Å²) in [6.07, 6.45) is 4.82. The molecule has 0 bridgehead atoms. The number of unbranched alkanes of at least 4 members (excludes halogenated alkanes) is 1. The van der Waals surface area contributed by atoms with Gasteiger partial charge in [0.25, 0.3) is 0 Å². The second-order valence-corrected chi connectivity index (χ2v) is 4.95. The van der Waals surface area contributed by atoms with Crippen LogP contribution in [-0.4, -0.2) is 30.1 Å². The molecule has 1 unspecified atom stereocenters. The van der Waals surface area contributed by atoms with Gasteiger partial charge in [0.05, 0.1) is 0 Å². The summed E-state index contributed by atoms with van der Waals surface area (Å²) in [7, 11) is 2.18. The molecule has 0 aliphatic rings. The lowest BCUT2D eigenvalue weighted by atomic mass is 9.98. The topological polar surface area (TPSA) is 29.3 Å². The molecule has 0 radical (unpaired) electrons. The van der Waals surface area contributed by atoms with E-state index in [-0.39, 0.29) is 5.54 Å². The minimum Gasteiger partial charge on any atom is -0.327 e. The van der Waals surface area contributed by atoms with E-state index >= 15 is 0 Å². The van der Waals surface area contributed by atoms with Crippen LogP contribution < -0.4 is 5.73 Å². The summed E-state index contributed by atoms with van der Waals surface area (Å²) in [6.45, 7) is 10.0. The summed E-state index contributed by atoms with van der Waals surface area (Å²) in [5.41, 5.74) is 6.35. The monoisotopic (exact) mass is 200 g/mol. The Morgan fingerprint density at radius 1 is 1.29 bits per heavy atom. The zero-order valence-electron chi connectivity index (χ0n) is 10.6. The fourth-order valence-electron chi connectivity index (χ4n) is 1.43. The molecule has 2 nitrogen and oxygen atoms in total. The van der Waals surface area contributed by atoms with Crippen LogP contribution in [0.2, 0.25) is 0 Å². The maximum atomic E-state index is 6.07. The molecule has 86 valence electrons. The van der Waals surface area contributed by atoms with Crippen LogP contribution in [0.1, 0.15) is 53.4 Å². The minimum atomic E-state index is 0.282. The Labute approximate surface area is 89.9 Å². The van der Waals surface area contributed by atoms with Crippen molar-refractivity contribution in [2.45, 2.75) is 65.0 Å². The number of nitrogens with zero attached hydrogens (tertiary/aromatic N) is 1. The molecule has 0 aromatic heterocycles. The van der Waals surface area contributed by atoms with Crippen LogP contribution in [0.4, 0.5) is 0 Å². The van der Waals surface area contributed by atoms with Gasteiger partial charge in [-0.25, -0.2) is 0 Å². The highest BCUT2D eigenvalue weighted by atomic mass is 15.2. The van der Waals surface area contributed by atoms with Gasteiger partial charge in [0.2, 0.25) is 0 Å². The van der Waals surface area contributed by atoms with Crippen molar-refractivity contribution in [3.8, 4) is 0 Å². The molecule has 0 aromatic rings.